The summed E-state index contributed by atoms with van der Waals surface area (Å²) in [6, 6.07) is 13.9. The van der Waals surface area contributed by atoms with E-state index in [0.29, 0.717) is 17.9 Å². The monoisotopic (exact) mass is 401 g/mol. The van der Waals surface area contributed by atoms with Gasteiger partial charge in [-0.15, -0.1) is 0 Å². The van der Waals surface area contributed by atoms with Crippen molar-refractivity contribution in [2.24, 2.45) is 0 Å². The Bertz CT molecular complexity index is 1000. The highest BCUT2D eigenvalue weighted by molar-refractivity contribution is 6.05. The Kier molecular flexibility index (Phi) is 6.11. The molecule has 0 fully saturated rings. The number of ether oxygens (including phenoxy) is 2. The molecule has 0 aliphatic carbocycles. The lowest BCUT2D eigenvalue weighted by Gasteiger charge is -2.12. The lowest BCUT2D eigenvalue weighted by Crippen LogP contribution is -2.14. The minimum Gasteiger partial charge on any atom is -0.493 e. The zero-order chi connectivity index (χ0) is 21.0. The van der Waals surface area contributed by atoms with E-state index in [0.717, 1.165) is 11.3 Å². The van der Waals surface area contributed by atoms with Gasteiger partial charge in [0.1, 0.15) is 0 Å². The van der Waals surface area contributed by atoms with Crippen LogP contribution >= 0.6 is 0 Å². The molecule has 8 heteroatoms. The lowest BCUT2D eigenvalue weighted by atomic mass is 10.1. The molecule has 1 N–H and O–H groups in total. The first-order valence-electron chi connectivity index (χ1n) is 8.91. The molecule has 3 rings (SSSR count). The molecule has 6 nitrogen and oxygen atoms in total. The van der Waals surface area contributed by atoms with Crippen LogP contribution < -0.4 is 14.8 Å². The Morgan fingerprint density at radius 2 is 1.86 bits per heavy atom. The van der Waals surface area contributed by atoms with Crippen LogP contribution in [0.3, 0.4) is 0 Å². The molecule has 0 saturated carbocycles. The van der Waals surface area contributed by atoms with Crippen molar-refractivity contribution >= 4 is 11.6 Å². The van der Waals surface area contributed by atoms with Gasteiger partial charge < -0.3 is 14.8 Å². The Balaban J connectivity index is 1.80. The molecule has 0 aliphatic heterocycles. The minimum atomic E-state index is -2.98. The molecule has 0 saturated heterocycles. The molecular weight excluding hydrogens is 380 g/mol. The third kappa shape index (κ3) is 4.71. The standard InChI is InChI=1S/C21H21F2N3O3/c1-13-19(14(2)26(25-13)12-15-7-5-4-6-8-15)24-20(27)16-9-10-17(29-21(22)23)18(11-16)28-3/h4-11,21H,12H2,1-3H3,(H,24,27). The number of aryl methyl sites for hydroxylation is 1. The number of hydrogen-bond donors (Lipinski definition) is 1. The number of methoxy groups -OCH3 is 1. The number of aromatic nitrogens is 2. The van der Waals surface area contributed by atoms with Gasteiger partial charge in [0.15, 0.2) is 11.5 Å². The van der Waals surface area contributed by atoms with Gasteiger partial charge >= 0.3 is 6.61 Å². The van der Waals surface area contributed by atoms with E-state index in [9.17, 15) is 13.6 Å². The number of benzene rings is 2. The minimum absolute atomic E-state index is 0.0474. The van der Waals surface area contributed by atoms with Gasteiger partial charge in [0.25, 0.3) is 5.91 Å². The second-order valence-electron chi connectivity index (χ2n) is 6.39. The molecule has 152 valence electrons. The number of nitrogens with one attached hydrogen (secondary N) is 1. The highest BCUT2D eigenvalue weighted by Crippen LogP contribution is 2.30. The highest BCUT2D eigenvalue weighted by atomic mass is 19.3. The van der Waals surface area contributed by atoms with Crippen LogP contribution in [-0.4, -0.2) is 29.4 Å². The van der Waals surface area contributed by atoms with Crippen LogP contribution in [0, 0.1) is 13.8 Å². The Labute approximate surface area is 167 Å². The molecule has 0 bridgehead atoms. The average Bonchev–Trinajstić information content (AvgIpc) is 2.96. The molecule has 2 aromatic carbocycles. The first kappa shape index (κ1) is 20.3. The van der Waals surface area contributed by atoms with Gasteiger partial charge in [-0.05, 0) is 37.6 Å². The van der Waals surface area contributed by atoms with Gasteiger partial charge in [0, 0.05) is 5.56 Å². The molecule has 0 unspecified atom stereocenters. The number of rotatable bonds is 7. The Hall–Kier alpha value is -3.42. The van der Waals surface area contributed by atoms with Crippen molar-refractivity contribution in [1.82, 2.24) is 9.78 Å². The lowest BCUT2D eigenvalue weighted by molar-refractivity contribution is -0.0512. The Morgan fingerprint density at radius 1 is 1.14 bits per heavy atom. The summed E-state index contributed by atoms with van der Waals surface area (Å²) in [7, 11) is 1.32. The van der Waals surface area contributed by atoms with E-state index in [2.05, 4.69) is 15.2 Å². The molecule has 0 spiro atoms. The van der Waals surface area contributed by atoms with E-state index in [1.165, 1.54) is 25.3 Å². The van der Waals surface area contributed by atoms with Crippen LogP contribution in [0.25, 0.3) is 0 Å². The number of halogens is 2. The fourth-order valence-corrected chi connectivity index (χ4v) is 2.98. The maximum Gasteiger partial charge on any atom is 0.387 e. The van der Waals surface area contributed by atoms with Crippen molar-refractivity contribution in [3.63, 3.8) is 0 Å². The number of nitrogens with zero attached hydrogens (tertiary/aromatic N) is 2. The van der Waals surface area contributed by atoms with Crippen LogP contribution in [0.4, 0.5) is 14.5 Å². The smallest absolute Gasteiger partial charge is 0.387 e. The number of hydrogen-bond acceptors (Lipinski definition) is 4. The number of carbonyl (C=O) groups excluding carboxylic acids is 1. The molecule has 0 aliphatic rings. The maximum absolute atomic E-state index is 12.7. The average molecular weight is 401 g/mol. The quantitative estimate of drug-likeness (QED) is 0.637. The largest absolute Gasteiger partial charge is 0.493 e. The third-order valence-electron chi connectivity index (χ3n) is 4.44. The number of alkyl halides is 2. The summed E-state index contributed by atoms with van der Waals surface area (Å²) >= 11 is 0. The van der Waals surface area contributed by atoms with Gasteiger partial charge in [-0.3, -0.25) is 9.48 Å². The highest BCUT2D eigenvalue weighted by Gasteiger charge is 2.18. The van der Waals surface area contributed by atoms with Crippen molar-refractivity contribution in [3.8, 4) is 11.5 Å². The van der Waals surface area contributed by atoms with Crippen molar-refractivity contribution in [1.29, 1.82) is 0 Å². The summed E-state index contributed by atoms with van der Waals surface area (Å²) in [5.41, 5.74) is 3.44. The summed E-state index contributed by atoms with van der Waals surface area (Å²) in [5.74, 6) is -0.495. The zero-order valence-electron chi connectivity index (χ0n) is 16.3. The molecule has 0 radical (unpaired) electrons. The molecule has 1 amide bonds. The van der Waals surface area contributed by atoms with Gasteiger partial charge in [-0.2, -0.15) is 13.9 Å². The van der Waals surface area contributed by atoms with Gasteiger partial charge in [-0.1, -0.05) is 30.3 Å². The maximum atomic E-state index is 12.7. The normalized spacial score (nSPS) is 10.8. The molecule has 3 aromatic rings. The third-order valence-corrected chi connectivity index (χ3v) is 4.44. The molecule has 29 heavy (non-hydrogen) atoms. The number of anilines is 1. The summed E-state index contributed by atoms with van der Waals surface area (Å²) in [6.07, 6.45) is 0. The summed E-state index contributed by atoms with van der Waals surface area (Å²) < 4.78 is 36.2. The van der Waals surface area contributed by atoms with Crippen molar-refractivity contribution in [2.75, 3.05) is 12.4 Å². The molecule has 0 atom stereocenters. The van der Waals surface area contributed by atoms with Crippen molar-refractivity contribution in [3.05, 3.63) is 71.0 Å². The van der Waals surface area contributed by atoms with Crippen LogP contribution in [0.2, 0.25) is 0 Å². The first-order valence-corrected chi connectivity index (χ1v) is 8.91. The van der Waals surface area contributed by atoms with E-state index in [1.54, 1.807) is 0 Å². The fraction of sp³-hybridized carbons (Fsp3) is 0.238. The van der Waals surface area contributed by atoms with Crippen LogP contribution in [0.1, 0.15) is 27.3 Å². The zero-order valence-corrected chi connectivity index (χ0v) is 16.3. The SMILES string of the molecule is COc1cc(C(=O)Nc2c(C)nn(Cc3ccccc3)c2C)ccc1OC(F)F. The molecular formula is C21H21F2N3O3. The van der Waals surface area contributed by atoms with E-state index in [-0.39, 0.29) is 17.1 Å². The van der Waals surface area contributed by atoms with E-state index >= 15 is 0 Å². The van der Waals surface area contributed by atoms with E-state index in [1.807, 2.05) is 48.9 Å². The van der Waals surface area contributed by atoms with Crippen molar-refractivity contribution < 1.29 is 23.0 Å². The molecule has 1 aromatic heterocycles. The van der Waals surface area contributed by atoms with Gasteiger partial charge in [0.2, 0.25) is 0 Å². The second kappa shape index (κ2) is 8.72. The van der Waals surface area contributed by atoms with E-state index in [4.69, 9.17) is 4.74 Å². The van der Waals surface area contributed by atoms with Gasteiger partial charge in [0.05, 0.1) is 30.7 Å². The van der Waals surface area contributed by atoms with E-state index < -0.39 is 12.5 Å². The topological polar surface area (TPSA) is 65.4 Å². The number of carbonyl (C=O) groups is 1. The Morgan fingerprint density at radius 3 is 2.52 bits per heavy atom. The number of amides is 1. The summed E-state index contributed by atoms with van der Waals surface area (Å²) in [5, 5.41) is 7.35. The second-order valence-corrected chi connectivity index (χ2v) is 6.39. The summed E-state index contributed by atoms with van der Waals surface area (Å²) in [4.78, 5) is 12.7. The molecule has 1 heterocycles. The fourth-order valence-electron chi connectivity index (χ4n) is 2.98. The van der Waals surface area contributed by atoms with Crippen molar-refractivity contribution in [2.45, 2.75) is 27.0 Å². The first-order chi connectivity index (χ1) is 13.9. The predicted molar refractivity (Wildman–Crippen MR) is 105 cm³/mol. The van der Waals surface area contributed by atoms with Crippen LogP contribution in [-0.2, 0) is 6.54 Å². The summed E-state index contributed by atoms with van der Waals surface area (Å²) in [6.45, 7) is 1.28. The van der Waals surface area contributed by atoms with Gasteiger partial charge in [-0.25, -0.2) is 0 Å². The predicted octanol–water partition coefficient (Wildman–Crippen LogP) is 4.41. The van der Waals surface area contributed by atoms with Crippen LogP contribution in [0.5, 0.6) is 11.5 Å². The van der Waals surface area contributed by atoms with Crippen LogP contribution in [0.15, 0.2) is 48.5 Å².